The number of halogens is 1. The van der Waals surface area contributed by atoms with Gasteiger partial charge in [0.05, 0.1) is 11.5 Å². The highest BCUT2D eigenvalue weighted by Gasteiger charge is 2.41. The average Bonchev–Trinajstić information content (AvgIpc) is 3.08. The van der Waals surface area contributed by atoms with Crippen molar-refractivity contribution in [1.82, 2.24) is 0 Å². The predicted octanol–water partition coefficient (Wildman–Crippen LogP) is 2.38. The number of non-ortho nitro benzene ring substituents is 1. The molecule has 92 valence electrons. The first-order chi connectivity index (χ1) is 8.06. The summed E-state index contributed by atoms with van der Waals surface area (Å²) < 4.78 is 0.825. The van der Waals surface area contributed by atoms with Gasteiger partial charge in [0, 0.05) is 33.4 Å². The van der Waals surface area contributed by atoms with Crippen molar-refractivity contribution >= 4 is 34.0 Å². The van der Waals surface area contributed by atoms with Crippen molar-refractivity contribution in [2.24, 2.45) is 5.41 Å². The first kappa shape index (κ1) is 12.6. The molecule has 1 fully saturated rings. The van der Waals surface area contributed by atoms with Gasteiger partial charge in [-0.15, -0.1) is 0 Å². The van der Waals surface area contributed by atoms with Crippen LogP contribution in [0.25, 0.3) is 0 Å². The van der Waals surface area contributed by atoms with Gasteiger partial charge in [0.25, 0.3) is 5.69 Å². The number of nitro benzene ring substituents is 1. The monoisotopic (exact) mass is 348 g/mol. The second-order valence-electron chi connectivity index (χ2n) is 4.43. The lowest BCUT2D eigenvalue weighted by atomic mass is 10.1. The summed E-state index contributed by atoms with van der Waals surface area (Å²) in [5, 5.41) is 23.0. The fourth-order valence-electron chi connectivity index (χ4n) is 1.61. The van der Waals surface area contributed by atoms with E-state index in [1.807, 2.05) is 0 Å². The van der Waals surface area contributed by atoms with Crippen LogP contribution in [0.2, 0.25) is 0 Å². The number of nitrogens with one attached hydrogen (secondary N) is 1. The maximum Gasteiger partial charge on any atom is 0.270 e. The van der Waals surface area contributed by atoms with Gasteiger partial charge in [-0.05, 0) is 41.5 Å². The molecule has 2 rings (SSSR count). The van der Waals surface area contributed by atoms with E-state index in [9.17, 15) is 15.2 Å². The van der Waals surface area contributed by atoms with Gasteiger partial charge in [-0.2, -0.15) is 0 Å². The minimum absolute atomic E-state index is 0.0326. The SMILES string of the molecule is O=[N+]([O-])c1ccc(NCC2(CO)CC2)c(I)c1. The molecule has 1 aromatic carbocycles. The molecule has 1 aromatic rings. The van der Waals surface area contributed by atoms with E-state index < -0.39 is 4.92 Å². The van der Waals surface area contributed by atoms with E-state index in [4.69, 9.17) is 0 Å². The largest absolute Gasteiger partial charge is 0.396 e. The Hall–Kier alpha value is -0.890. The second-order valence-corrected chi connectivity index (χ2v) is 5.60. The molecular formula is C11H13IN2O3. The Labute approximate surface area is 113 Å². The zero-order valence-corrected chi connectivity index (χ0v) is 11.3. The van der Waals surface area contributed by atoms with E-state index in [-0.39, 0.29) is 17.7 Å². The summed E-state index contributed by atoms with van der Waals surface area (Å²) in [7, 11) is 0. The third-order valence-electron chi connectivity index (χ3n) is 3.11. The van der Waals surface area contributed by atoms with Gasteiger partial charge in [-0.1, -0.05) is 0 Å². The van der Waals surface area contributed by atoms with Gasteiger partial charge in [0.1, 0.15) is 0 Å². The lowest BCUT2D eigenvalue weighted by Gasteiger charge is -2.14. The third-order valence-corrected chi connectivity index (χ3v) is 4.00. The minimum atomic E-state index is -0.401. The first-order valence-corrected chi connectivity index (χ1v) is 6.43. The molecule has 0 aliphatic heterocycles. The molecule has 0 atom stereocenters. The van der Waals surface area contributed by atoms with E-state index in [1.54, 1.807) is 12.1 Å². The molecule has 0 unspecified atom stereocenters. The van der Waals surface area contributed by atoms with Gasteiger partial charge >= 0.3 is 0 Å². The summed E-state index contributed by atoms with van der Waals surface area (Å²) >= 11 is 2.07. The number of benzene rings is 1. The van der Waals surface area contributed by atoms with Crippen LogP contribution in [0.3, 0.4) is 0 Å². The van der Waals surface area contributed by atoms with Crippen LogP contribution in [-0.2, 0) is 0 Å². The van der Waals surface area contributed by atoms with Crippen molar-refractivity contribution in [3.8, 4) is 0 Å². The van der Waals surface area contributed by atoms with Crippen LogP contribution in [-0.4, -0.2) is 23.2 Å². The van der Waals surface area contributed by atoms with Crippen molar-refractivity contribution in [3.05, 3.63) is 31.9 Å². The van der Waals surface area contributed by atoms with Gasteiger partial charge < -0.3 is 10.4 Å². The van der Waals surface area contributed by atoms with E-state index in [0.717, 1.165) is 28.6 Å². The summed E-state index contributed by atoms with van der Waals surface area (Å²) in [6, 6.07) is 4.75. The number of rotatable bonds is 5. The standard InChI is InChI=1S/C11H13IN2O3/c12-9-5-8(14(16)17)1-2-10(9)13-6-11(7-15)3-4-11/h1-2,5,13,15H,3-4,6-7H2. The van der Waals surface area contributed by atoms with Crippen LogP contribution >= 0.6 is 22.6 Å². The molecule has 6 heteroatoms. The number of anilines is 1. The highest BCUT2D eigenvalue weighted by molar-refractivity contribution is 14.1. The fourth-order valence-corrected chi connectivity index (χ4v) is 2.30. The maximum absolute atomic E-state index is 10.6. The van der Waals surface area contributed by atoms with Crippen molar-refractivity contribution in [2.45, 2.75) is 12.8 Å². The van der Waals surface area contributed by atoms with Crippen LogP contribution in [0.1, 0.15) is 12.8 Å². The molecule has 0 radical (unpaired) electrons. The normalized spacial score (nSPS) is 16.6. The van der Waals surface area contributed by atoms with Gasteiger partial charge in [-0.25, -0.2) is 0 Å². The fraction of sp³-hybridized carbons (Fsp3) is 0.455. The molecule has 0 amide bonds. The summed E-state index contributed by atoms with van der Waals surface area (Å²) in [4.78, 5) is 10.2. The number of aliphatic hydroxyl groups excluding tert-OH is 1. The Bertz CT molecular complexity index is 446. The Morgan fingerprint density at radius 3 is 2.71 bits per heavy atom. The summed E-state index contributed by atoms with van der Waals surface area (Å²) in [5.41, 5.74) is 1.02. The van der Waals surface area contributed by atoms with E-state index in [2.05, 4.69) is 27.9 Å². The molecule has 0 saturated heterocycles. The van der Waals surface area contributed by atoms with Gasteiger partial charge in [0.15, 0.2) is 0 Å². The predicted molar refractivity (Wildman–Crippen MR) is 73.1 cm³/mol. The molecule has 17 heavy (non-hydrogen) atoms. The second kappa shape index (κ2) is 4.77. The minimum Gasteiger partial charge on any atom is -0.396 e. The number of nitrogens with zero attached hydrogens (tertiary/aromatic N) is 1. The Balaban J connectivity index is 2.04. The van der Waals surface area contributed by atoms with Crippen LogP contribution in [0, 0.1) is 19.1 Å². The van der Waals surface area contributed by atoms with Crippen LogP contribution in [0.4, 0.5) is 11.4 Å². The van der Waals surface area contributed by atoms with Crippen molar-refractivity contribution < 1.29 is 10.0 Å². The lowest BCUT2D eigenvalue weighted by molar-refractivity contribution is -0.384. The van der Waals surface area contributed by atoms with E-state index >= 15 is 0 Å². The summed E-state index contributed by atoms with van der Waals surface area (Å²) in [6.07, 6.45) is 2.08. The summed E-state index contributed by atoms with van der Waals surface area (Å²) in [5.74, 6) is 0. The molecule has 0 aromatic heterocycles. The Morgan fingerprint density at radius 2 is 2.24 bits per heavy atom. The zero-order chi connectivity index (χ0) is 12.5. The number of hydrogen-bond acceptors (Lipinski definition) is 4. The van der Waals surface area contributed by atoms with E-state index in [0.29, 0.717) is 0 Å². The molecule has 1 aliphatic rings. The maximum atomic E-state index is 10.6. The van der Waals surface area contributed by atoms with Gasteiger partial charge in [-0.3, -0.25) is 10.1 Å². The van der Waals surface area contributed by atoms with Crippen LogP contribution < -0.4 is 5.32 Å². The zero-order valence-electron chi connectivity index (χ0n) is 9.15. The van der Waals surface area contributed by atoms with E-state index in [1.165, 1.54) is 6.07 Å². The highest BCUT2D eigenvalue weighted by atomic mass is 127. The Kier molecular flexibility index (Phi) is 3.53. The topological polar surface area (TPSA) is 75.4 Å². The van der Waals surface area contributed by atoms with Gasteiger partial charge in [0.2, 0.25) is 0 Å². The van der Waals surface area contributed by atoms with Crippen LogP contribution in [0.5, 0.6) is 0 Å². The Morgan fingerprint density at radius 1 is 1.53 bits per heavy atom. The van der Waals surface area contributed by atoms with Crippen molar-refractivity contribution in [3.63, 3.8) is 0 Å². The molecule has 0 spiro atoms. The molecule has 1 aliphatic carbocycles. The first-order valence-electron chi connectivity index (χ1n) is 5.35. The highest BCUT2D eigenvalue weighted by Crippen LogP contribution is 2.45. The molecule has 5 nitrogen and oxygen atoms in total. The number of aliphatic hydroxyl groups is 1. The molecule has 0 heterocycles. The van der Waals surface area contributed by atoms with Crippen molar-refractivity contribution in [1.29, 1.82) is 0 Å². The molecule has 2 N–H and O–H groups in total. The summed E-state index contributed by atoms with van der Waals surface area (Å²) in [6.45, 7) is 0.918. The molecule has 1 saturated carbocycles. The smallest absolute Gasteiger partial charge is 0.270 e. The molecule has 0 bridgehead atoms. The third kappa shape index (κ3) is 2.86. The van der Waals surface area contributed by atoms with Crippen LogP contribution in [0.15, 0.2) is 18.2 Å². The molecular weight excluding hydrogens is 335 g/mol. The van der Waals surface area contributed by atoms with Crippen molar-refractivity contribution in [2.75, 3.05) is 18.5 Å². The average molecular weight is 348 g/mol. The quantitative estimate of drug-likeness (QED) is 0.487. The number of hydrogen-bond donors (Lipinski definition) is 2. The number of nitro groups is 1. The lowest BCUT2D eigenvalue weighted by Crippen LogP contribution is -2.19.